The van der Waals surface area contributed by atoms with E-state index in [1.54, 1.807) is 54.7 Å². The van der Waals surface area contributed by atoms with E-state index in [2.05, 4.69) is 72.5 Å². The number of fused-ring (bicyclic) bond motifs is 1. The summed E-state index contributed by atoms with van der Waals surface area (Å²) in [7, 11) is 0. The summed E-state index contributed by atoms with van der Waals surface area (Å²) in [4.78, 5) is 117. The molecule has 77 heavy (non-hydrogen) atoms. The van der Waals surface area contributed by atoms with Crippen molar-refractivity contribution in [2.45, 2.75) is 125 Å². The third-order valence-electron chi connectivity index (χ3n) is 12.1. The molecule has 0 fully saturated rings. The Labute approximate surface area is 455 Å². The number of aromatic amines is 1. The molecular formula is C51H70N12O12S2. The Bertz CT molecular complexity index is 2700. The normalized spacial score (nSPS) is 15.3. The van der Waals surface area contributed by atoms with Gasteiger partial charge in [-0.15, -0.1) is 0 Å². The molecule has 0 aliphatic rings. The van der Waals surface area contributed by atoms with Crippen LogP contribution >= 0.6 is 25.3 Å². The molecule has 7 amide bonds. The fourth-order valence-corrected chi connectivity index (χ4v) is 8.35. The van der Waals surface area contributed by atoms with Crippen LogP contribution in [0, 0.1) is 0 Å². The number of aromatic hydroxyl groups is 1. The van der Waals surface area contributed by atoms with Gasteiger partial charge in [-0.05, 0) is 81.8 Å². The number of aliphatic hydroxyl groups excluding tert-OH is 2. The third kappa shape index (κ3) is 19.3. The third-order valence-corrected chi connectivity index (χ3v) is 12.8. The summed E-state index contributed by atoms with van der Waals surface area (Å²) in [6.45, 7) is 5.12. The summed E-state index contributed by atoms with van der Waals surface area (Å²) in [6.07, 6.45) is -1.91. The van der Waals surface area contributed by atoms with E-state index < -0.39 is 113 Å². The zero-order chi connectivity index (χ0) is 57.1. The van der Waals surface area contributed by atoms with Gasteiger partial charge in [0, 0.05) is 47.0 Å². The Morgan fingerprint density at radius 2 is 1.16 bits per heavy atom. The highest BCUT2D eigenvalue weighted by Crippen LogP contribution is 2.21. The molecule has 0 unspecified atom stereocenters. The Morgan fingerprint density at radius 1 is 0.636 bits per heavy atom. The molecule has 1 heterocycles. The number of carboxylic acid groups (broad SMARTS) is 1. The van der Waals surface area contributed by atoms with Crippen molar-refractivity contribution in [1.29, 1.82) is 0 Å². The van der Waals surface area contributed by atoms with Crippen LogP contribution in [0.1, 0.15) is 57.2 Å². The van der Waals surface area contributed by atoms with Crippen LogP contribution in [-0.4, -0.2) is 156 Å². The number of amides is 7. The maximum absolute atomic E-state index is 14.8. The highest BCUT2D eigenvalue weighted by molar-refractivity contribution is 7.81. The topological polar surface area (TPSA) is 408 Å². The number of aliphatic imine (C=N–C) groups is 1. The standard InChI is InChI=1S/C51H70N12O12S2/c1-26(64)39(47(72)63-41(51(3,4)77)48(73)62-40(27(2)65)49(74)75)61-43(68)35(15-10-20-55-50(53)54)57-45(70)37(23-30-24-56-34-14-9-8-13-32(30)34)59-44(69)36(22-29-16-18-31(66)19-17-29)58-46(71)38(25-76)60-42(67)33(52)21-28-11-6-5-7-12-28/h5-9,11-14,16-19,24,26-27,33,35-41,56,64-66,76-77H,10,15,20-23,25,52H2,1-4H3,(H,57,70)(H,58,71)(H,59,69)(H,60,67)(H,61,68)(H,62,73)(H,63,72)(H,74,75)(H4,53,54,55)/t26-,27-,33+,35+,36+,37+,38+,39+,40+,41-/m1/s1. The van der Waals surface area contributed by atoms with E-state index in [-0.39, 0.29) is 56.1 Å². The molecule has 418 valence electrons. The largest absolute Gasteiger partial charge is 0.508 e. The van der Waals surface area contributed by atoms with Gasteiger partial charge in [-0.2, -0.15) is 25.3 Å². The number of phenolic OH excluding ortho intramolecular Hbond substituents is 1. The molecule has 0 aliphatic carbocycles. The number of thiol groups is 2. The minimum atomic E-state index is -1.81. The van der Waals surface area contributed by atoms with Crippen LogP contribution in [0.5, 0.6) is 5.75 Å². The van der Waals surface area contributed by atoms with Crippen molar-refractivity contribution >= 4 is 89.4 Å². The number of nitrogens with zero attached hydrogens (tertiary/aromatic N) is 1. The van der Waals surface area contributed by atoms with Gasteiger partial charge in [0.25, 0.3) is 0 Å². The minimum Gasteiger partial charge on any atom is -0.508 e. The molecule has 4 rings (SSSR count). The van der Waals surface area contributed by atoms with Gasteiger partial charge in [0.05, 0.1) is 18.2 Å². The molecule has 26 heteroatoms. The average Bonchev–Trinajstić information content (AvgIpc) is 3.78. The number of nitrogens with two attached hydrogens (primary N) is 3. The summed E-state index contributed by atoms with van der Waals surface area (Å²) < 4.78 is -1.40. The number of para-hydroxylation sites is 1. The number of aliphatic carboxylic acids is 1. The SMILES string of the molecule is C[C@@H](O)[C@H](NC(=O)[C@@H](NC(=O)[C@@H](NC(=O)[C@H](CCCN=C(N)N)NC(=O)[C@H](Cc1c[nH]c2ccccc12)NC(=O)[C@H](Cc1ccc(O)cc1)NC(=O)[C@H](CS)NC(=O)[C@@H](N)Cc1ccccc1)[C@@H](C)O)C(C)(C)S)C(=O)O. The number of hydrogen-bond acceptors (Lipinski definition) is 15. The molecule has 0 bridgehead atoms. The van der Waals surface area contributed by atoms with Gasteiger partial charge in [-0.1, -0.05) is 60.7 Å². The molecule has 0 radical (unpaired) electrons. The lowest BCUT2D eigenvalue weighted by Crippen LogP contribution is -2.64. The number of guanidine groups is 1. The van der Waals surface area contributed by atoms with E-state index in [1.807, 2.05) is 6.07 Å². The smallest absolute Gasteiger partial charge is 0.328 e. The summed E-state index contributed by atoms with van der Waals surface area (Å²) >= 11 is 8.71. The number of carbonyl (C=O) groups is 8. The lowest BCUT2D eigenvalue weighted by Gasteiger charge is -2.33. The fourth-order valence-electron chi connectivity index (χ4n) is 7.91. The number of rotatable bonds is 29. The van der Waals surface area contributed by atoms with Crippen molar-refractivity contribution in [1.82, 2.24) is 42.2 Å². The first kappa shape index (κ1) is 62.2. The van der Waals surface area contributed by atoms with Crippen molar-refractivity contribution in [2.24, 2.45) is 22.2 Å². The number of H-pyrrole nitrogens is 1. The summed E-state index contributed by atoms with van der Waals surface area (Å²) in [5, 5.41) is 58.7. The van der Waals surface area contributed by atoms with Gasteiger partial charge in [-0.3, -0.25) is 38.6 Å². The molecule has 18 N–H and O–H groups in total. The molecule has 4 aromatic rings. The predicted molar refractivity (Wildman–Crippen MR) is 293 cm³/mol. The zero-order valence-corrected chi connectivity index (χ0v) is 44.7. The van der Waals surface area contributed by atoms with Gasteiger partial charge in [0.15, 0.2) is 12.0 Å². The highest BCUT2D eigenvalue weighted by Gasteiger charge is 2.40. The second-order valence-corrected chi connectivity index (χ2v) is 20.5. The molecule has 3 aromatic carbocycles. The van der Waals surface area contributed by atoms with E-state index in [1.165, 1.54) is 45.0 Å². The molecular weight excluding hydrogens is 1040 g/mol. The molecule has 0 saturated heterocycles. The first-order chi connectivity index (χ1) is 36.3. The zero-order valence-electron chi connectivity index (χ0n) is 42.9. The molecule has 0 aliphatic heterocycles. The van der Waals surface area contributed by atoms with E-state index >= 15 is 0 Å². The van der Waals surface area contributed by atoms with Gasteiger partial charge >= 0.3 is 5.97 Å². The number of phenols is 1. The Kier molecular flexibility index (Phi) is 23.6. The van der Waals surface area contributed by atoms with Crippen LogP contribution in [0.3, 0.4) is 0 Å². The van der Waals surface area contributed by atoms with Gasteiger partial charge in [-0.25, -0.2) is 4.79 Å². The number of hydrogen-bond donors (Lipinski definition) is 17. The number of aliphatic hydroxyl groups is 2. The van der Waals surface area contributed by atoms with E-state index in [4.69, 9.17) is 17.2 Å². The highest BCUT2D eigenvalue weighted by atomic mass is 32.1. The fraction of sp³-hybridized carbons (Fsp3) is 0.431. The minimum absolute atomic E-state index is 0.0270. The number of nitrogens with one attached hydrogen (secondary N) is 8. The van der Waals surface area contributed by atoms with E-state index in [0.717, 1.165) is 12.5 Å². The van der Waals surface area contributed by atoms with Gasteiger partial charge < -0.3 is 79.8 Å². The first-order valence-corrected chi connectivity index (χ1v) is 25.6. The number of aromatic nitrogens is 1. The van der Waals surface area contributed by atoms with Crippen LogP contribution in [0.4, 0.5) is 0 Å². The maximum Gasteiger partial charge on any atom is 0.328 e. The van der Waals surface area contributed by atoms with Crippen LogP contribution in [0.2, 0.25) is 0 Å². The number of carbonyl (C=O) groups excluding carboxylic acids is 7. The van der Waals surface area contributed by atoms with Gasteiger partial charge in [0.1, 0.15) is 42.0 Å². The lowest BCUT2D eigenvalue weighted by molar-refractivity contribution is -0.145. The van der Waals surface area contributed by atoms with Crippen LogP contribution in [0.25, 0.3) is 10.9 Å². The predicted octanol–water partition coefficient (Wildman–Crippen LogP) is -1.84. The van der Waals surface area contributed by atoms with Gasteiger partial charge in [0.2, 0.25) is 41.4 Å². The second-order valence-electron chi connectivity index (χ2n) is 19.0. The summed E-state index contributed by atoms with van der Waals surface area (Å²) in [5.41, 5.74) is 19.8. The second kappa shape index (κ2) is 29.2. The Balaban J connectivity index is 1.67. The molecule has 10 atom stereocenters. The Hall–Kier alpha value is -7.39. The summed E-state index contributed by atoms with van der Waals surface area (Å²) in [5.74, 6) is -8.60. The molecule has 1 aromatic heterocycles. The molecule has 0 spiro atoms. The molecule has 0 saturated carbocycles. The van der Waals surface area contributed by atoms with Crippen molar-refractivity contribution in [2.75, 3.05) is 12.3 Å². The van der Waals surface area contributed by atoms with E-state index in [0.29, 0.717) is 22.0 Å². The average molecular weight is 1110 g/mol. The first-order valence-electron chi connectivity index (χ1n) is 24.5. The number of carboxylic acids is 1. The summed E-state index contributed by atoms with van der Waals surface area (Å²) in [6, 6.07) is 9.90. The lowest BCUT2D eigenvalue weighted by atomic mass is 9.99. The van der Waals surface area contributed by atoms with Crippen molar-refractivity contribution in [3.63, 3.8) is 0 Å². The van der Waals surface area contributed by atoms with Crippen LogP contribution in [0.15, 0.2) is 90.1 Å². The van der Waals surface area contributed by atoms with Crippen LogP contribution in [-0.2, 0) is 57.6 Å². The van der Waals surface area contributed by atoms with Crippen molar-refractivity contribution in [3.8, 4) is 5.75 Å². The monoisotopic (exact) mass is 1110 g/mol. The quantitative estimate of drug-likeness (QED) is 0.0123. The van der Waals surface area contributed by atoms with Crippen molar-refractivity contribution in [3.05, 3.63) is 102 Å². The number of benzene rings is 3. The van der Waals surface area contributed by atoms with Crippen molar-refractivity contribution < 1.29 is 58.8 Å². The molecule has 24 nitrogen and oxygen atoms in total. The van der Waals surface area contributed by atoms with E-state index in [9.17, 15) is 58.8 Å². The maximum atomic E-state index is 14.8. The Morgan fingerprint density at radius 3 is 1.73 bits per heavy atom. The van der Waals surface area contributed by atoms with Crippen LogP contribution < -0.4 is 54.4 Å².